The standard InChI is InChI=1S/C28H34N10O2/c1-4-26(39)38(3)18(2)27(40)31-15-14-30-23-17-24(33-25-16-22(36-37-25)20-6-5-7-20)35-28(34-23)32-21-10-8-19(9-11-21)12-13-29/h4,8-11,16-18,20H,1,5-7,12,14-15H2,2-3H3,(H,31,40)(H4,30,32,33,34,35,36,37). The Labute approximate surface area is 233 Å². The Morgan fingerprint density at radius 2 is 1.90 bits per heavy atom. The van der Waals surface area contributed by atoms with Crippen LogP contribution in [0.15, 0.2) is 49.1 Å². The molecular weight excluding hydrogens is 508 g/mol. The molecule has 12 nitrogen and oxygen atoms in total. The molecule has 0 saturated heterocycles. The van der Waals surface area contributed by atoms with Crippen LogP contribution in [0.5, 0.6) is 0 Å². The zero-order chi connectivity index (χ0) is 28.5. The van der Waals surface area contributed by atoms with Crippen molar-refractivity contribution in [1.29, 1.82) is 5.26 Å². The quantitative estimate of drug-likeness (QED) is 0.160. The highest BCUT2D eigenvalue weighted by Gasteiger charge is 2.22. The monoisotopic (exact) mass is 542 g/mol. The molecule has 2 aromatic heterocycles. The van der Waals surface area contributed by atoms with Gasteiger partial charge in [-0.1, -0.05) is 25.1 Å². The third-order valence-electron chi connectivity index (χ3n) is 6.83. The molecular formula is C28H34N10O2. The number of aromatic amines is 1. The summed E-state index contributed by atoms with van der Waals surface area (Å²) in [6.07, 6.45) is 5.09. The Balaban J connectivity index is 1.42. The minimum Gasteiger partial charge on any atom is -0.368 e. The molecule has 0 spiro atoms. The maximum Gasteiger partial charge on any atom is 0.246 e. The molecule has 1 fully saturated rings. The van der Waals surface area contributed by atoms with Crippen molar-refractivity contribution in [2.75, 3.05) is 36.1 Å². The molecule has 1 aliphatic carbocycles. The number of hydrogen-bond acceptors (Lipinski definition) is 9. The molecule has 1 unspecified atom stereocenters. The number of benzene rings is 1. The lowest BCUT2D eigenvalue weighted by atomic mass is 9.83. The summed E-state index contributed by atoms with van der Waals surface area (Å²) in [7, 11) is 1.56. The van der Waals surface area contributed by atoms with Gasteiger partial charge in [0.25, 0.3) is 0 Å². The van der Waals surface area contributed by atoms with Gasteiger partial charge < -0.3 is 26.2 Å². The third-order valence-corrected chi connectivity index (χ3v) is 6.83. The van der Waals surface area contributed by atoms with E-state index >= 15 is 0 Å². The van der Waals surface area contributed by atoms with E-state index in [-0.39, 0.29) is 11.8 Å². The molecule has 2 heterocycles. The van der Waals surface area contributed by atoms with Crippen LogP contribution in [-0.2, 0) is 16.0 Å². The van der Waals surface area contributed by atoms with Crippen molar-refractivity contribution < 1.29 is 9.59 Å². The van der Waals surface area contributed by atoms with Crippen LogP contribution in [0.3, 0.4) is 0 Å². The summed E-state index contributed by atoms with van der Waals surface area (Å²) in [6.45, 7) is 5.82. The molecule has 0 radical (unpaired) electrons. The number of rotatable bonds is 13. The van der Waals surface area contributed by atoms with E-state index < -0.39 is 6.04 Å². The molecule has 1 aliphatic rings. The maximum atomic E-state index is 12.4. The summed E-state index contributed by atoms with van der Waals surface area (Å²) in [4.78, 5) is 34.7. The number of aromatic nitrogens is 4. The molecule has 0 bridgehead atoms. The Kier molecular flexibility index (Phi) is 9.30. The average molecular weight is 543 g/mol. The van der Waals surface area contributed by atoms with Crippen molar-refractivity contribution in [3.05, 3.63) is 60.3 Å². The van der Waals surface area contributed by atoms with E-state index in [4.69, 9.17) is 5.26 Å². The Bertz CT molecular complexity index is 1370. The number of anilines is 5. The van der Waals surface area contributed by atoms with Gasteiger partial charge >= 0.3 is 0 Å². The predicted molar refractivity (Wildman–Crippen MR) is 153 cm³/mol. The lowest BCUT2D eigenvalue weighted by Gasteiger charge is -2.23. The number of nitriles is 1. The number of amides is 2. The van der Waals surface area contributed by atoms with Crippen LogP contribution in [0, 0.1) is 11.3 Å². The molecule has 2 amide bonds. The van der Waals surface area contributed by atoms with Crippen molar-refractivity contribution in [2.45, 2.75) is 44.6 Å². The van der Waals surface area contributed by atoms with E-state index in [9.17, 15) is 9.59 Å². The third kappa shape index (κ3) is 7.35. The summed E-state index contributed by atoms with van der Waals surface area (Å²) < 4.78 is 0. The highest BCUT2D eigenvalue weighted by Crippen LogP contribution is 2.36. The number of nitrogens with one attached hydrogen (secondary N) is 5. The van der Waals surface area contributed by atoms with Gasteiger partial charge in [-0.3, -0.25) is 14.7 Å². The van der Waals surface area contributed by atoms with Crippen molar-refractivity contribution in [1.82, 2.24) is 30.4 Å². The summed E-state index contributed by atoms with van der Waals surface area (Å²) in [6, 6.07) is 12.8. The summed E-state index contributed by atoms with van der Waals surface area (Å²) in [5, 5.41) is 28.9. The first-order valence-corrected chi connectivity index (χ1v) is 13.2. The van der Waals surface area contributed by atoms with Gasteiger partial charge in [0.2, 0.25) is 17.8 Å². The van der Waals surface area contributed by atoms with E-state index in [1.807, 2.05) is 30.3 Å². The molecule has 0 aliphatic heterocycles. The second-order valence-electron chi connectivity index (χ2n) is 9.63. The van der Waals surface area contributed by atoms with Crippen LogP contribution in [-0.4, -0.2) is 63.1 Å². The van der Waals surface area contributed by atoms with E-state index in [2.05, 4.69) is 54.1 Å². The fourth-order valence-electron chi connectivity index (χ4n) is 4.08. The van der Waals surface area contributed by atoms with Crippen molar-refractivity contribution >= 4 is 40.9 Å². The molecule has 1 saturated carbocycles. The Hall–Kier alpha value is -4.92. The number of likely N-dealkylation sites (N-methyl/N-ethyl adjacent to an activating group) is 1. The second-order valence-corrected chi connectivity index (χ2v) is 9.63. The SMILES string of the molecule is C=CC(=O)N(C)C(C)C(=O)NCCNc1cc(Nc2cc(C3CCC3)[nH]n2)nc(Nc2ccc(CC#N)cc2)n1. The molecule has 1 aromatic carbocycles. The van der Waals surface area contributed by atoms with E-state index in [1.54, 1.807) is 20.0 Å². The second kappa shape index (κ2) is 13.2. The molecule has 40 heavy (non-hydrogen) atoms. The molecule has 12 heteroatoms. The largest absolute Gasteiger partial charge is 0.368 e. The van der Waals surface area contributed by atoms with E-state index in [1.165, 1.54) is 30.2 Å². The highest BCUT2D eigenvalue weighted by atomic mass is 16.2. The van der Waals surface area contributed by atoms with Crippen LogP contribution in [0.4, 0.5) is 29.1 Å². The normalized spacial score (nSPS) is 13.3. The maximum absolute atomic E-state index is 12.4. The van der Waals surface area contributed by atoms with Crippen LogP contribution < -0.4 is 21.3 Å². The number of carbonyl (C=O) groups excluding carboxylic acids is 2. The number of carbonyl (C=O) groups is 2. The molecule has 208 valence electrons. The fraction of sp³-hybridized carbons (Fsp3) is 0.357. The highest BCUT2D eigenvalue weighted by molar-refractivity contribution is 5.92. The van der Waals surface area contributed by atoms with Gasteiger partial charge in [0.15, 0.2) is 5.82 Å². The first-order valence-electron chi connectivity index (χ1n) is 13.2. The smallest absolute Gasteiger partial charge is 0.246 e. The zero-order valence-corrected chi connectivity index (χ0v) is 22.7. The topological polar surface area (TPSA) is 164 Å². The first kappa shape index (κ1) is 28.1. The van der Waals surface area contributed by atoms with Crippen LogP contribution in [0.25, 0.3) is 0 Å². The minimum absolute atomic E-state index is 0.271. The van der Waals surface area contributed by atoms with Crippen molar-refractivity contribution in [2.24, 2.45) is 0 Å². The lowest BCUT2D eigenvalue weighted by Crippen LogP contribution is -2.46. The Morgan fingerprint density at radius 3 is 2.58 bits per heavy atom. The van der Waals surface area contributed by atoms with Gasteiger partial charge in [-0.05, 0) is 43.5 Å². The minimum atomic E-state index is -0.630. The predicted octanol–water partition coefficient (Wildman–Crippen LogP) is 3.58. The van der Waals surface area contributed by atoms with Gasteiger partial charge in [0.1, 0.15) is 17.7 Å². The van der Waals surface area contributed by atoms with Gasteiger partial charge in [0.05, 0.1) is 12.5 Å². The number of hydrogen-bond donors (Lipinski definition) is 5. The Morgan fingerprint density at radius 1 is 1.15 bits per heavy atom. The molecule has 3 aromatic rings. The van der Waals surface area contributed by atoms with Gasteiger partial charge in [-0.25, -0.2) is 0 Å². The fourth-order valence-corrected chi connectivity index (χ4v) is 4.08. The molecule has 5 N–H and O–H groups in total. The van der Waals surface area contributed by atoms with E-state index in [0.29, 0.717) is 48.8 Å². The van der Waals surface area contributed by atoms with Gasteiger partial charge in [-0.15, -0.1) is 0 Å². The van der Waals surface area contributed by atoms with Crippen LogP contribution >= 0.6 is 0 Å². The summed E-state index contributed by atoms with van der Waals surface area (Å²) in [5.74, 6) is 2.03. The number of H-pyrrole nitrogens is 1. The van der Waals surface area contributed by atoms with Crippen LogP contribution in [0.2, 0.25) is 0 Å². The summed E-state index contributed by atoms with van der Waals surface area (Å²) in [5.41, 5.74) is 2.81. The van der Waals surface area contributed by atoms with Gasteiger partial charge in [0, 0.05) is 49.6 Å². The average Bonchev–Trinajstić information content (AvgIpc) is 3.37. The van der Waals surface area contributed by atoms with Crippen LogP contribution in [0.1, 0.15) is 43.4 Å². The molecule has 4 rings (SSSR count). The zero-order valence-electron chi connectivity index (χ0n) is 22.7. The first-order chi connectivity index (χ1) is 19.4. The van der Waals surface area contributed by atoms with Crippen molar-refractivity contribution in [3.63, 3.8) is 0 Å². The lowest BCUT2D eigenvalue weighted by molar-refractivity contribution is -0.134. The van der Waals surface area contributed by atoms with E-state index in [0.717, 1.165) is 16.9 Å². The van der Waals surface area contributed by atoms with Crippen molar-refractivity contribution in [3.8, 4) is 6.07 Å². The molecule has 1 atom stereocenters. The van der Waals surface area contributed by atoms with Gasteiger partial charge in [-0.2, -0.15) is 20.3 Å². The summed E-state index contributed by atoms with van der Waals surface area (Å²) >= 11 is 0. The number of nitrogens with zero attached hydrogens (tertiary/aromatic N) is 5.